The van der Waals surface area contributed by atoms with Crippen LogP contribution >= 0.6 is 0 Å². The van der Waals surface area contributed by atoms with Crippen molar-refractivity contribution in [1.29, 1.82) is 0 Å². The smallest absolute Gasteiger partial charge is 0.330 e. The summed E-state index contributed by atoms with van der Waals surface area (Å²) in [5.74, 6) is 0.0164. The molecule has 1 aromatic carbocycles. The molecule has 0 heterocycles. The van der Waals surface area contributed by atoms with Gasteiger partial charge in [-0.25, -0.2) is 9.59 Å². The number of benzene rings is 1. The van der Waals surface area contributed by atoms with Crippen molar-refractivity contribution in [3.8, 4) is 11.5 Å². The van der Waals surface area contributed by atoms with Crippen molar-refractivity contribution < 1.29 is 28.5 Å². The Morgan fingerprint density at radius 2 is 1.21 bits per heavy atom. The van der Waals surface area contributed by atoms with E-state index in [0.717, 1.165) is 0 Å². The molecule has 0 saturated heterocycles. The molecule has 0 fully saturated rings. The van der Waals surface area contributed by atoms with Gasteiger partial charge in [-0.2, -0.15) is 0 Å². The standard InChI is InChI=1S/C18H22O6/c1-5-23-15(19)11-9-13-7-8-14(10-12-16(20)24-6-2)18(22-4)17(13)21-3/h7-12H,5-6H2,1-4H3/b11-9+,12-10+. The van der Waals surface area contributed by atoms with Gasteiger partial charge >= 0.3 is 11.9 Å². The van der Waals surface area contributed by atoms with Gasteiger partial charge in [-0.3, -0.25) is 0 Å². The Morgan fingerprint density at radius 1 is 0.833 bits per heavy atom. The molecule has 1 rings (SSSR count). The first-order chi connectivity index (χ1) is 11.6. The van der Waals surface area contributed by atoms with Crippen molar-refractivity contribution >= 4 is 24.1 Å². The van der Waals surface area contributed by atoms with Crippen LogP contribution in [0.3, 0.4) is 0 Å². The molecule has 0 N–H and O–H groups in total. The second-order valence-electron chi connectivity index (χ2n) is 4.48. The maximum atomic E-state index is 11.4. The molecule has 0 amide bonds. The highest BCUT2D eigenvalue weighted by Crippen LogP contribution is 2.36. The first kappa shape index (κ1) is 19.3. The average Bonchev–Trinajstić information content (AvgIpc) is 2.58. The highest BCUT2D eigenvalue weighted by Gasteiger charge is 2.13. The Labute approximate surface area is 141 Å². The van der Waals surface area contributed by atoms with E-state index >= 15 is 0 Å². The van der Waals surface area contributed by atoms with Crippen LogP contribution < -0.4 is 9.47 Å². The van der Waals surface area contributed by atoms with Crippen LogP contribution in [0.2, 0.25) is 0 Å². The normalized spacial score (nSPS) is 10.8. The fraction of sp³-hybridized carbons (Fsp3) is 0.333. The zero-order valence-corrected chi connectivity index (χ0v) is 14.3. The van der Waals surface area contributed by atoms with E-state index in [1.807, 2.05) is 0 Å². The fourth-order valence-corrected chi connectivity index (χ4v) is 1.97. The van der Waals surface area contributed by atoms with Gasteiger partial charge < -0.3 is 18.9 Å². The lowest BCUT2D eigenvalue weighted by Gasteiger charge is -2.13. The lowest BCUT2D eigenvalue weighted by Crippen LogP contribution is -2.00. The van der Waals surface area contributed by atoms with E-state index in [0.29, 0.717) is 35.8 Å². The number of esters is 2. The largest absolute Gasteiger partial charge is 0.492 e. The Morgan fingerprint density at radius 3 is 1.50 bits per heavy atom. The number of ether oxygens (including phenoxy) is 4. The van der Waals surface area contributed by atoms with Crippen molar-refractivity contribution in [1.82, 2.24) is 0 Å². The van der Waals surface area contributed by atoms with Crippen LogP contribution in [0.25, 0.3) is 12.2 Å². The molecule has 6 nitrogen and oxygen atoms in total. The third-order valence-corrected chi connectivity index (χ3v) is 2.95. The van der Waals surface area contributed by atoms with Gasteiger partial charge in [-0.1, -0.05) is 12.1 Å². The topological polar surface area (TPSA) is 71.1 Å². The number of carbonyl (C=O) groups is 2. The second kappa shape index (κ2) is 10.1. The lowest BCUT2D eigenvalue weighted by atomic mass is 10.1. The number of rotatable bonds is 8. The molecule has 0 spiro atoms. The molecule has 0 bridgehead atoms. The van der Waals surface area contributed by atoms with Crippen molar-refractivity contribution in [2.75, 3.05) is 27.4 Å². The van der Waals surface area contributed by atoms with Gasteiger partial charge in [0.15, 0.2) is 11.5 Å². The molecular formula is C18H22O6. The quantitative estimate of drug-likeness (QED) is 0.538. The van der Waals surface area contributed by atoms with Gasteiger partial charge in [-0.15, -0.1) is 0 Å². The van der Waals surface area contributed by atoms with Crippen LogP contribution in [0.5, 0.6) is 11.5 Å². The Kier molecular flexibility index (Phi) is 8.11. The highest BCUT2D eigenvalue weighted by atomic mass is 16.5. The maximum Gasteiger partial charge on any atom is 0.330 e. The fourth-order valence-electron chi connectivity index (χ4n) is 1.97. The third-order valence-electron chi connectivity index (χ3n) is 2.95. The summed E-state index contributed by atoms with van der Waals surface area (Å²) in [6.07, 6.45) is 5.79. The van der Waals surface area contributed by atoms with E-state index in [1.165, 1.54) is 26.4 Å². The minimum atomic E-state index is -0.440. The number of hydrogen-bond acceptors (Lipinski definition) is 6. The zero-order valence-electron chi connectivity index (χ0n) is 14.3. The van der Waals surface area contributed by atoms with Gasteiger partial charge in [-0.05, 0) is 26.0 Å². The number of methoxy groups -OCH3 is 2. The monoisotopic (exact) mass is 334 g/mol. The summed E-state index contributed by atoms with van der Waals surface area (Å²) in [6, 6.07) is 3.50. The van der Waals surface area contributed by atoms with Gasteiger partial charge in [0.1, 0.15) is 0 Å². The van der Waals surface area contributed by atoms with Crippen LogP contribution in [0.15, 0.2) is 24.3 Å². The number of carbonyl (C=O) groups excluding carboxylic acids is 2. The molecule has 6 heteroatoms. The molecule has 1 aromatic rings. The number of hydrogen-bond donors (Lipinski definition) is 0. The molecular weight excluding hydrogens is 312 g/mol. The summed E-state index contributed by atoms with van der Waals surface area (Å²) in [4.78, 5) is 22.9. The van der Waals surface area contributed by atoms with Crippen molar-refractivity contribution in [3.63, 3.8) is 0 Å². The molecule has 130 valence electrons. The van der Waals surface area contributed by atoms with Gasteiger partial charge in [0, 0.05) is 23.3 Å². The summed E-state index contributed by atoms with van der Waals surface area (Å²) >= 11 is 0. The molecule has 0 aliphatic rings. The first-order valence-electron chi connectivity index (χ1n) is 7.51. The second-order valence-corrected chi connectivity index (χ2v) is 4.48. The van der Waals surface area contributed by atoms with E-state index in [9.17, 15) is 9.59 Å². The van der Waals surface area contributed by atoms with Gasteiger partial charge in [0.05, 0.1) is 27.4 Å². The van der Waals surface area contributed by atoms with Crippen LogP contribution in [-0.4, -0.2) is 39.4 Å². The maximum absolute atomic E-state index is 11.4. The van der Waals surface area contributed by atoms with Crippen molar-refractivity contribution in [3.05, 3.63) is 35.4 Å². The molecule has 0 radical (unpaired) electrons. The lowest BCUT2D eigenvalue weighted by molar-refractivity contribution is -0.138. The van der Waals surface area contributed by atoms with E-state index in [2.05, 4.69) is 0 Å². The van der Waals surface area contributed by atoms with Gasteiger partial charge in [0.2, 0.25) is 0 Å². The summed E-state index contributed by atoms with van der Waals surface area (Å²) in [5.41, 5.74) is 1.30. The van der Waals surface area contributed by atoms with Gasteiger partial charge in [0.25, 0.3) is 0 Å². The van der Waals surface area contributed by atoms with Crippen molar-refractivity contribution in [2.45, 2.75) is 13.8 Å². The summed E-state index contributed by atoms with van der Waals surface area (Å²) in [5, 5.41) is 0. The molecule has 0 saturated carbocycles. The highest BCUT2D eigenvalue weighted by molar-refractivity contribution is 5.89. The van der Waals surface area contributed by atoms with E-state index < -0.39 is 11.9 Å². The predicted octanol–water partition coefficient (Wildman–Crippen LogP) is 2.86. The summed E-state index contributed by atoms with van der Waals surface area (Å²) < 4.78 is 20.4. The molecule has 0 aliphatic heterocycles. The van der Waals surface area contributed by atoms with Crippen LogP contribution in [0.1, 0.15) is 25.0 Å². The Bertz CT molecular complexity index is 576. The van der Waals surface area contributed by atoms with E-state index in [-0.39, 0.29) is 0 Å². The molecule has 24 heavy (non-hydrogen) atoms. The molecule has 0 aliphatic carbocycles. The molecule has 0 unspecified atom stereocenters. The summed E-state index contributed by atoms with van der Waals surface area (Å²) in [6.45, 7) is 4.09. The third kappa shape index (κ3) is 5.46. The minimum absolute atomic E-state index is 0.307. The van der Waals surface area contributed by atoms with Crippen LogP contribution in [0, 0.1) is 0 Å². The molecule has 0 atom stereocenters. The van der Waals surface area contributed by atoms with Crippen LogP contribution in [-0.2, 0) is 19.1 Å². The Balaban J connectivity index is 3.14. The molecule has 0 aromatic heterocycles. The minimum Gasteiger partial charge on any atom is -0.492 e. The summed E-state index contributed by atoms with van der Waals surface area (Å²) in [7, 11) is 3.00. The predicted molar refractivity (Wildman–Crippen MR) is 90.9 cm³/mol. The zero-order chi connectivity index (χ0) is 17.9. The van der Waals surface area contributed by atoms with Crippen LogP contribution in [0.4, 0.5) is 0 Å². The SMILES string of the molecule is CCOC(=O)/C=C/c1ccc(/C=C/C(=O)OCC)c(OC)c1OC. The Hall–Kier alpha value is -2.76. The van der Waals surface area contributed by atoms with E-state index in [4.69, 9.17) is 18.9 Å². The van der Waals surface area contributed by atoms with E-state index in [1.54, 1.807) is 38.1 Å². The average molecular weight is 334 g/mol. The van der Waals surface area contributed by atoms with Crippen molar-refractivity contribution in [2.24, 2.45) is 0 Å². The first-order valence-corrected chi connectivity index (χ1v) is 7.51.